The molecule has 39 heavy (non-hydrogen) atoms. The van der Waals surface area contributed by atoms with Crippen molar-refractivity contribution in [3.63, 3.8) is 0 Å². The molecule has 0 spiro atoms. The second-order valence-electron chi connectivity index (χ2n) is 9.63. The van der Waals surface area contributed by atoms with E-state index in [2.05, 4.69) is 47.1 Å². The molecule has 0 aliphatic carbocycles. The Hall–Kier alpha value is -4.01. The number of sulfonamides is 1. The van der Waals surface area contributed by atoms with Crippen molar-refractivity contribution < 1.29 is 13.2 Å². The van der Waals surface area contributed by atoms with Crippen LogP contribution in [0.5, 0.6) is 0 Å². The zero-order chi connectivity index (χ0) is 28.0. The molecule has 0 fully saturated rings. The highest BCUT2D eigenvalue weighted by Gasteiger charge is 2.26. The van der Waals surface area contributed by atoms with Crippen molar-refractivity contribution in [1.29, 1.82) is 0 Å². The average Bonchev–Trinajstić information content (AvgIpc) is 3.21. The molecule has 1 N–H and O–H groups in total. The number of aryl methyl sites for hydroxylation is 3. The fourth-order valence-corrected chi connectivity index (χ4v) is 5.96. The Morgan fingerprint density at radius 3 is 2.28 bits per heavy atom. The lowest BCUT2D eigenvalue weighted by Gasteiger charge is -2.21. The maximum atomic E-state index is 13.4. The Morgan fingerprint density at radius 1 is 0.923 bits per heavy atom. The molecule has 1 heterocycles. The number of carbonyl (C=O) groups is 1. The van der Waals surface area contributed by atoms with Crippen LogP contribution in [0.1, 0.15) is 33.6 Å². The first kappa shape index (κ1) is 28.0. The standard InChI is InChI=1S/C31H34N4O3S/c1-23-15-16-24(2)30(19-23)35-25(3)20-28(26(35)4)21-32-33-31(36)22-34(18-17-27-11-7-5-8-12-27)39(37,38)29-13-9-6-10-14-29/h5-16,19-21H,17-18,22H2,1-4H3,(H,33,36)/b32-21-. The first-order valence-electron chi connectivity index (χ1n) is 12.8. The second kappa shape index (κ2) is 12.2. The summed E-state index contributed by atoms with van der Waals surface area (Å²) in [7, 11) is -3.87. The predicted octanol–water partition coefficient (Wildman–Crippen LogP) is 5.09. The van der Waals surface area contributed by atoms with E-state index in [9.17, 15) is 13.2 Å². The first-order valence-corrected chi connectivity index (χ1v) is 14.3. The Kier molecular flexibility index (Phi) is 8.79. The third kappa shape index (κ3) is 6.71. The van der Waals surface area contributed by atoms with E-state index >= 15 is 0 Å². The molecule has 4 aromatic rings. The quantitative estimate of drug-likeness (QED) is 0.224. The van der Waals surface area contributed by atoms with Gasteiger partial charge in [-0.25, -0.2) is 13.8 Å². The molecule has 0 radical (unpaired) electrons. The summed E-state index contributed by atoms with van der Waals surface area (Å²) in [5.41, 5.74) is 9.86. The van der Waals surface area contributed by atoms with Gasteiger partial charge in [0.05, 0.1) is 17.7 Å². The van der Waals surface area contributed by atoms with Gasteiger partial charge in [0.1, 0.15) is 0 Å². The minimum absolute atomic E-state index is 0.147. The van der Waals surface area contributed by atoms with Gasteiger partial charge in [0, 0.05) is 29.2 Å². The number of amides is 1. The lowest BCUT2D eigenvalue weighted by molar-refractivity contribution is -0.121. The maximum absolute atomic E-state index is 13.4. The molecule has 0 saturated carbocycles. The van der Waals surface area contributed by atoms with Gasteiger partial charge in [0.2, 0.25) is 10.0 Å². The number of hydrogen-bond acceptors (Lipinski definition) is 4. The summed E-state index contributed by atoms with van der Waals surface area (Å²) in [6, 6.07) is 26.1. The lowest BCUT2D eigenvalue weighted by atomic mass is 10.1. The topological polar surface area (TPSA) is 83.8 Å². The van der Waals surface area contributed by atoms with Gasteiger partial charge in [0.15, 0.2) is 0 Å². The van der Waals surface area contributed by atoms with E-state index in [-0.39, 0.29) is 18.0 Å². The van der Waals surface area contributed by atoms with Gasteiger partial charge in [-0.15, -0.1) is 0 Å². The van der Waals surface area contributed by atoms with E-state index in [1.807, 2.05) is 50.2 Å². The van der Waals surface area contributed by atoms with Crippen molar-refractivity contribution in [2.24, 2.45) is 5.10 Å². The van der Waals surface area contributed by atoms with E-state index in [0.29, 0.717) is 6.42 Å². The highest BCUT2D eigenvalue weighted by atomic mass is 32.2. The molecular weight excluding hydrogens is 508 g/mol. The van der Waals surface area contributed by atoms with Gasteiger partial charge in [0.25, 0.3) is 5.91 Å². The van der Waals surface area contributed by atoms with Crippen LogP contribution in [0, 0.1) is 27.7 Å². The van der Waals surface area contributed by atoms with Crippen molar-refractivity contribution in [1.82, 2.24) is 14.3 Å². The third-order valence-corrected chi connectivity index (χ3v) is 8.52. The lowest BCUT2D eigenvalue weighted by Crippen LogP contribution is -2.40. The SMILES string of the molecule is Cc1ccc(C)c(-n2c(C)cc(/C=N\NC(=O)CN(CCc3ccccc3)S(=O)(=O)c3ccccc3)c2C)c1. The van der Waals surface area contributed by atoms with Crippen molar-refractivity contribution in [3.8, 4) is 5.69 Å². The van der Waals surface area contributed by atoms with Gasteiger partial charge in [-0.1, -0.05) is 60.7 Å². The van der Waals surface area contributed by atoms with Crippen molar-refractivity contribution >= 4 is 22.1 Å². The van der Waals surface area contributed by atoms with Gasteiger partial charge in [-0.3, -0.25) is 4.79 Å². The van der Waals surface area contributed by atoms with Crippen LogP contribution in [0.15, 0.2) is 94.9 Å². The summed E-state index contributed by atoms with van der Waals surface area (Å²) >= 11 is 0. The molecule has 0 unspecified atom stereocenters. The molecule has 4 rings (SSSR count). The van der Waals surface area contributed by atoms with Gasteiger partial charge < -0.3 is 4.57 Å². The van der Waals surface area contributed by atoms with Crippen LogP contribution in [0.4, 0.5) is 0 Å². The van der Waals surface area contributed by atoms with Crippen molar-refractivity contribution in [2.75, 3.05) is 13.1 Å². The van der Waals surface area contributed by atoms with Crippen LogP contribution < -0.4 is 5.43 Å². The van der Waals surface area contributed by atoms with E-state index in [0.717, 1.165) is 33.8 Å². The number of rotatable bonds is 10. The minimum Gasteiger partial charge on any atom is -0.318 e. The Bertz CT molecular complexity index is 1580. The second-order valence-corrected chi connectivity index (χ2v) is 11.6. The highest BCUT2D eigenvalue weighted by Crippen LogP contribution is 2.23. The van der Waals surface area contributed by atoms with Crippen LogP contribution >= 0.6 is 0 Å². The average molecular weight is 543 g/mol. The zero-order valence-corrected chi connectivity index (χ0v) is 23.6. The smallest absolute Gasteiger partial charge is 0.255 e. The van der Waals surface area contributed by atoms with E-state index in [1.54, 1.807) is 24.4 Å². The van der Waals surface area contributed by atoms with Gasteiger partial charge in [-0.05, 0) is 75.1 Å². The number of carbonyl (C=O) groups excluding carboxylic acids is 1. The molecule has 202 valence electrons. The molecule has 0 aliphatic rings. The van der Waals surface area contributed by atoms with E-state index in [4.69, 9.17) is 0 Å². The zero-order valence-electron chi connectivity index (χ0n) is 22.8. The van der Waals surface area contributed by atoms with E-state index in [1.165, 1.54) is 22.0 Å². The number of nitrogens with zero attached hydrogens (tertiary/aromatic N) is 3. The molecule has 1 amide bonds. The minimum atomic E-state index is -3.87. The summed E-state index contributed by atoms with van der Waals surface area (Å²) in [4.78, 5) is 13.0. The van der Waals surface area contributed by atoms with Crippen LogP contribution in [-0.2, 0) is 21.2 Å². The van der Waals surface area contributed by atoms with Gasteiger partial charge in [-0.2, -0.15) is 9.41 Å². The normalized spacial score (nSPS) is 11.8. The Balaban J connectivity index is 1.49. The van der Waals surface area contributed by atoms with Gasteiger partial charge >= 0.3 is 0 Å². The highest BCUT2D eigenvalue weighted by molar-refractivity contribution is 7.89. The molecule has 1 aromatic heterocycles. The number of hydrazone groups is 1. The number of benzene rings is 3. The number of hydrogen-bond donors (Lipinski definition) is 1. The van der Waals surface area contributed by atoms with Crippen LogP contribution in [-0.4, -0.2) is 42.5 Å². The predicted molar refractivity (Wildman–Crippen MR) is 156 cm³/mol. The van der Waals surface area contributed by atoms with Crippen molar-refractivity contribution in [2.45, 2.75) is 39.0 Å². The molecule has 7 nitrogen and oxygen atoms in total. The van der Waals surface area contributed by atoms with Crippen LogP contribution in [0.3, 0.4) is 0 Å². The summed E-state index contributed by atoms with van der Waals surface area (Å²) in [5, 5.41) is 4.16. The molecular formula is C31H34N4O3S. The first-order chi connectivity index (χ1) is 18.7. The summed E-state index contributed by atoms with van der Waals surface area (Å²) in [6.07, 6.45) is 2.08. The third-order valence-electron chi connectivity index (χ3n) is 6.66. The summed E-state index contributed by atoms with van der Waals surface area (Å²) < 4.78 is 30.1. The molecule has 0 bridgehead atoms. The largest absolute Gasteiger partial charge is 0.318 e. The number of aromatic nitrogens is 1. The maximum Gasteiger partial charge on any atom is 0.255 e. The monoisotopic (exact) mass is 542 g/mol. The molecule has 8 heteroatoms. The van der Waals surface area contributed by atoms with Crippen molar-refractivity contribution in [3.05, 3.63) is 119 Å². The molecule has 3 aromatic carbocycles. The Labute approximate surface area is 230 Å². The molecule has 0 aliphatic heterocycles. The summed E-state index contributed by atoms with van der Waals surface area (Å²) in [5.74, 6) is -0.512. The fraction of sp³-hybridized carbons (Fsp3) is 0.226. The number of nitrogens with one attached hydrogen (secondary N) is 1. The van der Waals surface area contributed by atoms with Crippen LogP contribution in [0.2, 0.25) is 0 Å². The molecule has 0 saturated heterocycles. The summed E-state index contributed by atoms with van der Waals surface area (Å²) in [6.45, 7) is 8.00. The van der Waals surface area contributed by atoms with E-state index < -0.39 is 15.9 Å². The van der Waals surface area contributed by atoms with Crippen LogP contribution in [0.25, 0.3) is 5.69 Å². The fourth-order valence-electron chi connectivity index (χ4n) is 4.54. The Morgan fingerprint density at radius 2 is 1.59 bits per heavy atom. The molecule has 0 atom stereocenters.